The number of benzene rings is 1. The molecule has 15 heavy (non-hydrogen) atoms. The minimum Gasteiger partial charge on any atom is -0.390 e. The Labute approximate surface area is 93.5 Å². The fourth-order valence-electron chi connectivity index (χ4n) is 1.03. The molecule has 1 rings (SSSR count). The van der Waals surface area contributed by atoms with Crippen LogP contribution in [-0.2, 0) is 4.74 Å². The van der Waals surface area contributed by atoms with Crippen molar-refractivity contribution in [3.8, 4) is 0 Å². The molecule has 0 saturated heterocycles. The fourth-order valence-corrected chi connectivity index (χ4v) is 1.83. The lowest BCUT2D eigenvalue weighted by molar-refractivity contribution is 0.0551. The van der Waals surface area contributed by atoms with Gasteiger partial charge in [0.15, 0.2) is 0 Å². The Kier molecular flexibility index (Phi) is 5.68. The third-order valence-electron chi connectivity index (χ3n) is 1.77. The van der Waals surface area contributed by atoms with Gasteiger partial charge in [-0.2, -0.15) is 0 Å². The highest BCUT2D eigenvalue weighted by atomic mass is 32.2. The summed E-state index contributed by atoms with van der Waals surface area (Å²) in [6.07, 6.45) is -0.472. The molecule has 0 aliphatic carbocycles. The normalized spacial score (nSPS) is 12.7. The van der Waals surface area contributed by atoms with Crippen LogP contribution in [0.5, 0.6) is 0 Å². The molecule has 0 aliphatic rings. The molecule has 0 saturated carbocycles. The molecule has 0 radical (unpaired) electrons. The molecule has 0 bridgehead atoms. The van der Waals surface area contributed by atoms with E-state index in [-0.39, 0.29) is 5.82 Å². The second-order valence-electron chi connectivity index (χ2n) is 3.08. The van der Waals surface area contributed by atoms with E-state index in [1.807, 2.05) is 6.92 Å². The molecule has 0 fully saturated rings. The van der Waals surface area contributed by atoms with Crippen molar-refractivity contribution in [1.29, 1.82) is 0 Å². The van der Waals surface area contributed by atoms with E-state index in [0.717, 1.165) is 4.90 Å². The van der Waals surface area contributed by atoms with E-state index < -0.39 is 6.10 Å². The molecule has 1 unspecified atom stereocenters. The first-order chi connectivity index (χ1) is 7.22. The first-order valence-electron chi connectivity index (χ1n) is 4.86. The average molecular weight is 230 g/mol. The van der Waals surface area contributed by atoms with Crippen LogP contribution in [0, 0.1) is 5.82 Å². The van der Waals surface area contributed by atoms with E-state index in [2.05, 4.69) is 0 Å². The van der Waals surface area contributed by atoms with Crippen molar-refractivity contribution in [3.05, 3.63) is 30.1 Å². The average Bonchev–Trinajstić information content (AvgIpc) is 2.25. The zero-order chi connectivity index (χ0) is 11.1. The largest absolute Gasteiger partial charge is 0.390 e. The Bertz CT molecular complexity index is 276. The summed E-state index contributed by atoms with van der Waals surface area (Å²) < 4.78 is 17.7. The molecule has 1 aromatic carbocycles. The number of rotatable bonds is 6. The van der Waals surface area contributed by atoms with E-state index in [1.165, 1.54) is 23.9 Å². The number of halogens is 1. The lowest BCUT2D eigenvalue weighted by atomic mass is 10.4. The van der Waals surface area contributed by atoms with Gasteiger partial charge in [-0.15, -0.1) is 11.8 Å². The van der Waals surface area contributed by atoms with E-state index in [1.54, 1.807) is 12.1 Å². The molecular weight excluding hydrogens is 215 g/mol. The Hall–Kier alpha value is -0.580. The smallest absolute Gasteiger partial charge is 0.123 e. The maximum Gasteiger partial charge on any atom is 0.123 e. The second-order valence-corrected chi connectivity index (χ2v) is 4.17. The van der Waals surface area contributed by atoms with Gasteiger partial charge in [0.05, 0.1) is 12.7 Å². The Morgan fingerprint density at radius 2 is 2.07 bits per heavy atom. The van der Waals surface area contributed by atoms with Crippen LogP contribution >= 0.6 is 11.8 Å². The molecule has 0 heterocycles. The lowest BCUT2D eigenvalue weighted by Crippen LogP contribution is -2.17. The van der Waals surface area contributed by atoms with Crippen LogP contribution in [0.25, 0.3) is 0 Å². The third-order valence-corrected chi connectivity index (χ3v) is 2.93. The van der Waals surface area contributed by atoms with Gasteiger partial charge in [0, 0.05) is 17.3 Å². The van der Waals surface area contributed by atoms with Crippen LogP contribution < -0.4 is 0 Å². The predicted molar refractivity (Wildman–Crippen MR) is 59.6 cm³/mol. The summed E-state index contributed by atoms with van der Waals surface area (Å²) in [5.41, 5.74) is 0. The summed E-state index contributed by atoms with van der Waals surface area (Å²) >= 11 is 1.49. The van der Waals surface area contributed by atoms with Crippen molar-refractivity contribution >= 4 is 11.8 Å². The standard InChI is InChI=1S/C11H15FO2S/c1-2-14-7-10(13)8-15-11-5-3-9(12)4-6-11/h3-6,10,13H,2,7-8H2,1H3. The molecular formula is C11H15FO2S. The minimum absolute atomic E-state index is 0.241. The summed E-state index contributed by atoms with van der Waals surface area (Å²) in [7, 11) is 0. The van der Waals surface area contributed by atoms with Gasteiger partial charge in [0.2, 0.25) is 0 Å². The van der Waals surface area contributed by atoms with Crippen molar-refractivity contribution in [2.75, 3.05) is 19.0 Å². The number of aliphatic hydroxyl groups is 1. The van der Waals surface area contributed by atoms with Gasteiger partial charge in [0.25, 0.3) is 0 Å². The van der Waals surface area contributed by atoms with Gasteiger partial charge >= 0.3 is 0 Å². The van der Waals surface area contributed by atoms with Gasteiger partial charge in [-0.25, -0.2) is 4.39 Å². The predicted octanol–water partition coefficient (Wildman–Crippen LogP) is 2.32. The Morgan fingerprint density at radius 3 is 2.67 bits per heavy atom. The molecule has 2 nitrogen and oxygen atoms in total. The van der Waals surface area contributed by atoms with Gasteiger partial charge in [-0.3, -0.25) is 0 Å². The summed E-state index contributed by atoms with van der Waals surface area (Å²) in [5.74, 6) is 0.320. The van der Waals surface area contributed by atoms with Gasteiger partial charge in [-0.05, 0) is 31.2 Å². The zero-order valence-electron chi connectivity index (χ0n) is 8.65. The molecule has 0 aliphatic heterocycles. The van der Waals surface area contributed by atoms with Crippen molar-refractivity contribution in [1.82, 2.24) is 0 Å². The molecule has 1 N–H and O–H groups in total. The monoisotopic (exact) mass is 230 g/mol. The second kappa shape index (κ2) is 6.82. The van der Waals surface area contributed by atoms with Crippen molar-refractivity contribution in [3.63, 3.8) is 0 Å². The van der Waals surface area contributed by atoms with E-state index >= 15 is 0 Å². The highest BCUT2D eigenvalue weighted by molar-refractivity contribution is 7.99. The highest BCUT2D eigenvalue weighted by Crippen LogP contribution is 2.18. The number of hydrogen-bond acceptors (Lipinski definition) is 3. The Balaban J connectivity index is 2.27. The molecule has 0 aromatic heterocycles. The summed E-state index contributed by atoms with van der Waals surface area (Å²) in [6.45, 7) is 2.85. The van der Waals surface area contributed by atoms with Gasteiger partial charge < -0.3 is 9.84 Å². The maximum atomic E-state index is 12.6. The number of ether oxygens (including phenoxy) is 1. The van der Waals surface area contributed by atoms with E-state index in [9.17, 15) is 9.50 Å². The molecule has 84 valence electrons. The molecule has 1 aromatic rings. The van der Waals surface area contributed by atoms with Crippen molar-refractivity contribution in [2.24, 2.45) is 0 Å². The topological polar surface area (TPSA) is 29.5 Å². The van der Waals surface area contributed by atoms with Crippen LogP contribution in [0.15, 0.2) is 29.2 Å². The van der Waals surface area contributed by atoms with E-state index in [0.29, 0.717) is 19.0 Å². The summed E-state index contributed by atoms with van der Waals surface area (Å²) in [4.78, 5) is 0.951. The molecule has 0 amide bonds. The first kappa shape index (κ1) is 12.5. The van der Waals surface area contributed by atoms with Crippen molar-refractivity contribution in [2.45, 2.75) is 17.9 Å². The first-order valence-corrected chi connectivity index (χ1v) is 5.85. The molecule has 0 spiro atoms. The van der Waals surface area contributed by atoms with Gasteiger partial charge in [0.1, 0.15) is 5.82 Å². The van der Waals surface area contributed by atoms with Gasteiger partial charge in [-0.1, -0.05) is 0 Å². The third kappa shape index (κ3) is 5.16. The van der Waals surface area contributed by atoms with Crippen LogP contribution in [0.2, 0.25) is 0 Å². The Morgan fingerprint density at radius 1 is 1.40 bits per heavy atom. The summed E-state index contributed by atoms with van der Waals surface area (Å²) in [6, 6.07) is 6.23. The van der Waals surface area contributed by atoms with Crippen LogP contribution in [0.3, 0.4) is 0 Å². The lowest BCUT2D eigenvalue weighted by Gasteiger charge is -2.09. The van der Waals surface area contributed by atoms with Crippen molar-refractivity contribution < 1.29 is 14.2 Å². The fraction of sp³-hybridized carbons (Fsp3) is 0.455. The molecule has 1 atom stereocenters. The SMILES string of the molecule is CCOCC(O)CSc1ccc(F)cc1. The number of hydrogen-bond donors (Lipinski definition) is 1. The maximum absolute atomic E-state index is 12.6. The quantitative estimate of drug-likeness (QED) is 0.760. The number of thioether (sulfide) groups is 1. The highest BCUT2D eigenvalue weighted by Gasteiger charge is 2.04. The zero-order valence-corrected chi connectivity index (χ0v) is 9.47. The number of aliphatic hydroxyl groups excluding tert-OH is 1. The minimum atomic E-state index is -0.472. The van der Waals surface area contributed by atoms with E-state index in [4.69, 9.17) is 4.74 Å². The van der Waals surface area contributed by atoms with Crippen LogP contribution in [-0.4, -0.2) is 30.2 Å². The van der Waals surface area contributed by atoms with Crippen LogP contribution in [0.1, 0.15) is 6.92 Å². The summed E-state index contributed by atoms with van der Waals surface area (Å²) in [5, 5.41) is 9.48. The van der Waals surface area contributed by atoms with Crippen LogP contribution in [0.4, 0.5) is 4.39 Å². The molecule has 4 heteroatoms.